The summed E-state index contributed by atoms with van der Waals surface area (Å²) in [6.07, 6.45) is 1.95. The van der Waals surface area contributed by atoms with E-state index in [2.05, 4.69) is 36.3 Å². The number of benzene rings is 1. The summed E-state index contributed by atoms with van der Waals surface area (Å²) in [5.74, 6) is -0.192. The van der Waals surface area contributed by atoms with Crippen molar-refractivity contribution in [3.63, 3.8) is 0 Å². The topological polar surface area (TPSA) is 68.0 Å². The molecule has 5 rings (SSSR count). The number of thiazole rings is 1. The van der Waals surface area contributed by atoms with Crippen LogP contribution in [0.4, 0.5) is 8.78 Å². The van der Waals surface area contributed by atoms with Crippen molar-refractivity contribution in [2.75, 3.05) is 13.1 Å². The molecule has 0 aliphatic carbocycles. The normalized spacial score (nSPS) is 15.5. The van der Waals surface area contributed by atoms with Crippen molar-refractivity contribution < 1.29 is 8.78 Å². The zero-order valence-electron chi connectivity index (χ0n) is 18.2. The smallest absolute Gasteiger partial charge is 0.177 e. The minimum atomic E-state index is -0.630. The largest absolute Gasteiger partial charge is 0.317 e. The van der Waals surface area contributed by atoms with E-state index in [1.54, 1.807) is 4.52 Å². The summed E-state index contributed by atoms with van der Waals surface area (Å²) in [5.41, 5.74) is 1.85. The molecule has 0 saturated carbocycles. The zero-order chi connectivity index (χ0) is 22.5. The summed E-state index contributed by atoms with van der Waals surface area (Å²) in [6.45, 7) is 8.02. The van der Waals surface area contributed by atoms with Crippen LogP contribution in [-0.2, 0) is 5.41 Å². The van der Waals surface area contributed by atoms with Crippen molar-refractivity contribution in [3.8, 4) is 21.8 Å². The fraction of sp³-hybridized carbons (Fsp3) is 0.391. The van der Waals surface area contributed by atoms with Crippen LogP contribution in [0.1, 0.15) is 50.4 Å². The number of hydrogen-bond acceptors (Lipinski definition) is 6. The van der Waals surface area contributed by atoms with Gasteiger partial charge < -0.3 is 5.32 Å². The molecule has 1 fully saturated rings. The van der Waals surface area contributed by atoms with E-state index in [1.165, 1.54) is 23.5 Å². The average Bonchev–Trinajstić information content (AvgIpc) is 3.38. The molecule has 4 aromatic rings. The van der Waals surface area contributed by atoms with Crippen molar-refractivity contribution in [1.29, 1.82) is 0 Å². The molecule has 0 atom stereocenters. The molecule has 1 aromatic carbocycles. The van der Waals surface area contributed by atoms with Crippen LogP contribution in [-0.4, -0.2) is 37.9 Å². The second-order valence-corrected chi connectivity index (χ2v) is 10.2. The van der Waals surface area contributed by atoms with Crippen molar-refractivity contribution in [3.05, 3.63) is 52.8 Å². The fourth-order valence-corrected chi connectivity index (χ4v) is 5.21. The first-order chi connectivity index (χ1) is 15.3. The lowest BCUT2D eigenvalue weighted by atomic mass is 9.96. The second kappa shape index (κ2) is 7.97. The Morgan fingerprint density at radius 3 is 2.56 bits per heavy atom. The number of hydrogen-bond donors (Lipinski definition) is 1. The molecule has 1 saturated heterocycles. The highest BCUT2D eigenvalue weighted by atomic mass is 32.1. The zero-order valence-corrected chi connectivity index (χ0v) is 19.0. The lowest BCUT2D eigenvalue weighted by Gasteiger charge is -2.20. The quantitative estimate of drug-likeness (QED) is 0.474. The van der Waals surface area contributed by atoms with Crippen LogP contribution in [0.15, 0.2) is 30.3 Å². The second-order valence-electron chi connectivity index (χ2n) is 9.14. The van der Waals surface area contributed by atoms with Crippen molar-refractivity contribution in [2.24, 2.45) is 0 Å². The van der Waals surface area contributed by atoms with Gasteiger partial charge in [-0.2, -0.15) is 9.61 Å². The van der Waals surface area contributed by atoms with Crippen LogP contribution >= 0.6 is 11.3 Å². The lowest BCUT2D eigenvalue weighted by molar-refractivity contribution is 0.459. The van der Waals surface area contributed by atoms with Crippen molar-refractivity contribution in [1.82, 2.24) is 30.1 Å². The number of nitrogens with one attached hydrogen (secondary N) is 1. The summed E-state index contributed by atoms with van der Waals surface area (Å²) >= 11 is 1.54. The third kappa shape index (κ3) is 3.80. The molecule has 6 nitrogen and oxygen atoms in total. The van der Waals surface area contributed by atoms with Gasteiger partial charge in [0.25, 0.3) is 0 Å². The molecule has 0 spiro atoms. The fourth-order valence-electron chi connectivity index (χ4n) is 4.00. The standard InChI is InChI=1S/C23H24F2N6S/c1-23(2,3)22-29-28-18-7-6-17(30-31(18)22)20-19(15-5-4-14(24)12-16(15)25)27-21(32-20)13-8-10-26-11-9-13/h4-7,12-13,26H,8-11H2,1-3H3. The molecule has 0 bridgehead atoms. The van der Waals surface area contributed by atoms with E-state index in [-0.39, 0.29) is 11.0 Å². The number of nitrogens with zero attached hydrogens (tertiary/aromatic N) is 5. The first-order valence-corrected chi connectivity index (χ1v) is 11.5. The Kier molecular flexibility index (Phi) is 5.25. The molecule has 0 unspecified atom stereocenters. The highest BCUT2D eigenvalue weighted by molar-refractivity contribution is 7.15. The Balaban J connectivity index is 1.69. The SMILES string of the molecule is CC(C)(C)c1nnc2ccc(-c3sc(C4CCNCC4)nc3-c3ccc(F)cc3F)nn12. The molecule has 1 N–H and O–H groups in total. The number of aromatic nitrogens is 5. The molecule has 0 radical (unpaired) electrons. The van der Waals surface area contributed by atoms with E-state index in [9.17, 15) is 8.78 Å². The molecule has 3 aromatic heterocycles. The van der Waals surface area contributed by atoms with Crippen LogP contribution in [0.25, 0.3) is 27.5 Å². The Morgan fingerprint density at radius 2 is 1.84 bits per heavy atom. The van der Waals surface area contributed by atoms with Gasteiger partial charge in [-0.05, 0) is 50.2 Å². The molecule has 1 aliphatic heterocycles. The van der Waals surface area contributed by atoms with Gasteiger partial charge in [0, 0.05) is 23.0 Å². The number of fused-ring (bicyclic) bond motifs is 1. The van der Waals surface area contributed by atoms with E-state index >= 15 is 0 Å². The maximum absolute atomic E-state index is 14.8. The van der Waals surface area contributed by atoms with Gasteiger partial charge in [0.1, 0.15) is 17.3 Å². The van der Waals surface area contributed by atoms with Gasteiger partial charge >= 0.3 is 0 Å². The Morgan fingerprint density at radius 1 is 1.06 bits per heavy atom. The van der Waals surface area contributed by atoms with E-state index < -0.39 is 11.6 Å². The first kappa shape index (κ1) is 21.1. The molecule has 4 heterocycles. The Hall–Kier alpha value is -2.78. The summed E-state index contributed by atoms with van der Waals surface area (Å²) < 4.78 is 30.1. The molecule has 1 aliphatic rings. The molecule has 32 heavy (non-hydrogen) atoms. The lowest BCUT2D eigenvalue weighted by Crippen LogP contribution is -2.26. The Labute approximate surface area is 188 Å². The Bertz CT molecular complexity index is 1280. The van der Waals surface area contributed by atoms with Gasteiger partial charge in [-0.1, -0.05) is 20.8 Å². The van der Waals surface area contributed by atoms with Gasteiger partial charge in [-0.15, -0.1) is 21.5 Å². The third-order valence-electron chi connectivity index (χ3n) is 5.68. The van der Waals surface area contributed by atoms with E-state index in [1.807, 2.05) is 12.1 Å². The predicted octanol–water partition coefficient (Wildman–Crippen LogP) is 4.96. The molecule has 166 valence electrons. The summed E-state index contributed by atoms with van der Waals surface area (Å²) in [7, 11) is 0. The summed E-state index contributed by atoms with van der Waals surface area (Å²) in [4.78, 5) is 5.62. The van der Waals surface area contributed by atoms with Crippen molar-refractivity contribution >= 4 is 17.0 Å². The predicted molar refractivity (Wildman–Crippen MR) is 121 cm³/mol. The van der Waals surface area contributed by atoms with Crippen LogP contribution < -0.4 is 5.32 Å². The number of rotatable bonds is 3. The monoisotopic (exact) mass is 454 g/mol. The highest BCUT2D eigenvalue weighted by Crippen LogP contribution is 2.41. The van der Waals surface area contributed by atoms with Gasteiger partial charge in [0.15, 0.2) is 11.5 Å². The van der Waals surface area contributed by atoms with Crippen molar-refractivity contribution in [2.45, 2.75) is 44.9 Å². The van der Waals surface area contributed by atoms with Crippen LogP contribution in [0.5, 0.6) is 0 Å². The van der Waals surface area contributed by atoms with Gasteiger partial charge in [0.2, 0.25) is 0 Å². The van der Waals surface area contributed by atoms with Gasteiger partial charge in [-0.3, -0.25) is 0 Å². The summed E-state index contributed by atoms with van der Waals surface area (Å²) in [6, 6.07) is 7.34. The average molecular weight is 455 g/mol. The van der Waals surface area contributed by atoms with Crippen LogP contribution in [0, 0.1) is 11.6 Å². The maximum atomic E-state index is 14.8. The van der Waals surface area contributed by atoms with Gasteiger partial charge in [0.05, 0.1) is 15.6 Å². The molecule has 0 amide bonds. The third-order valence-corrected chi connectivity index (χ3v) is 6.92. The summed E-state index contributed by atoms with van der Waals surface area (Å²) in [5, 5.41) is 17.7. The molecule has 9 heteroatoms. The van der Waals surface area contributed by atoms with E-state index in [0.29, 0.717) is 23.0 Å². The highest BCUT2D eigenvalue weighted by Gasteiger charge is 2.26. The van der Waals surface area contributed by atoms with E-state index in [4.69, 9.17) is 10.1 Å². The molecular formula is C23H24F2N6S. The van der Waals surface area contributed by atoms with Crippen LogP contribution in [0.3, 0.4) is 0 Å². The minimum Gasteiger partial charge on any atom is -0.317 e. The van der Waals surface area contributed by atoms with Gasteiger partial charge in [-0.25, -0.2) is 13.8 Å². The number of halogens is 2. The number of piperidine rings is 1. The minimum absolute atomic E-state index is 0.245. The first-order valence-electron chi connectivity index (χ1n) is 10.7. The van der Waals surface area contributed by atoms with E-state index in [0.717, 1.165) is 47.7 Å². The maximum Gasteiger partial charge on any atom is 0.177 e. The molecular weight excluding hydrogens is 430 g/mol. The van der Waals surface area contributed by atoms with Crippen LogP contribution in [0.2, 0.25) is 0 Å².